The van der Waals surface area contributed by atoms with E-state index in [0.29, 0.717) is 23.6 Å². The van der Waals surface area contributed by atoms with Crippen molar-refractivity contribution in [2.75, 3.05) is 6.54 Å². The Morgan fingerprint density at radius 2 is 2.42 bits per heavy atom. The van der Waals surface area contributed by atoms with Crippen LogP contribution in [0.3, 0.4) is 0 Å². The molecule has 0 saturated carbocycles. The molecule has 0 aromatic carbocycles. The molecule has 2 N–H and O–H groups in total. The summed E-state index contributed by atoms with van der Waals surface area (Å²) in [6.45, 7) is 0.319. The number of nitrogens with zero attached hydrogens (tertiary/aromatic N) is 1. The predicted octanol–water partition coefficient (Wildman–Crippen LogP) is 2.09. The summed E-state index contributed by atoms with van der Waals surface area (Å²) in [4.78, 5) is 3.76. The molecule has 0 aliphatic heterocycles. The van der Waals surface area contributed by atoms with E-state index >= 15 is 0 Å². The number of nitrogens with two attached hydrogens (primary N) is 1. The molecule has 12 heavy (non-hydrogen) atoms. The SMILES string of the molecule is NCCC(F)c1ccncc1Cl. The standard InChI is InChI=1S/C8H10ClFN2/c9-7-5-12-4-2-6(7)8(10)1-3-11/h2,4-5,8H,1,3,11H2. The van der Waals surface area contributed by atoms with E-state index in [4.69, 9.17) is 17.3 Å². The van der Waals surface area contributed by atoms with E-state index < -0.39 is 6.17 Å². The number of halogens is 2. The summed E-state index contributed by atoms with van der Waals surface area (Å²) in [5.41, 5.74) is 5.69. The van der Waals surface area contributed by atoms with Gasteiger partial charge < -0.3 is 5.73 Å². The van der Waals surface area contributed by atoms with Gasteiger partial charge in [0, 0.05) is 18.0 Å². The zero-order valence-corrected chi connectivity index (χ0v) is 7.26. The molecule has 1 rings (SSSR count). The van der Waals surface area contributed by atoms with Gasteiger partial charge in [0.2, 0.25) is 0 Å². The van der Waals surface area contributed by atoms with Crippen LogP contribution in [0.5, 0.6) is 0 Å². The summed E-state index contributed by atoms with van der Waals surface area (Å²) in [7, 11) is 0. The Balaban J connectivity index is 2.79. The summed E-state index contributed by atoms with van der Waals surface area (Å²) in [6, 6.07) is 1.57. The van der Waals surface area contributed by atoms with Gasteiger partial charge in [-0.1, -0.05) is 11.6 Å². The summed E-state index contributed by atoms with van der Waals surface area (Å²) in [5, 5.41) is 0.360. The van der Waals surface area contributed by atoms with Crippen LogP contribution in [0.2, 0.25) is 5.02 Å². The quantitative estimate of drug-likeness (QED) is 0.789. The maximum Gasteiger partial charge on any atom is 0.128 e. The zero-order chi connectivity index (χ0) is 8.97. The lowest BCUT2D eigenvalue weighted by atomic mass is 10.1. The van der Waals surface area contributed by atoms with E-state index in [9.17, 15) is 4.39 Å². The first-order chi connectivity index (χ1) is 5.75. The lowest BCUT2D eigenvalue weighted by Crippen LogP contribution is -2.04. The Hall–Kier alpha value is -0.670. The molecule has 0 spiro atoms. The van der Waals surface area contributed by atoms with Crippen molar-refractivity contribution in [2.24, 2.45) is 5.73 Å². The fourth-order valence-electron chi connectivity index (χ4n) is 0.942. The second-order valence-electron chi connectivity index (χ2n) is 2.44. The lowest BCUT2D eigenvalue weighted by Gasteiger charge is -2.07. The van der Waals surface area contributed by atoms with Gasteiger partial charge in [-0.05, 0) is 19.0 Å². The van der Waals surface area contributed by atoms with Gasteiger partial charge in [-0.3, -0.25) is 4.98 Å². The first-order valence-electron chi connectivity index (χ1n) is 3.69. The molecule has 4 heteroatoms. The minimum absolute atomic E-state index is 0.295. The number of hydrogen-bond donors (Lipinski definition) is 1. The Labute approximate surface area is 75.6 Å². The van der Waals surface area contributed by atoms with Gasteiger partial charge in [0.05, 0.1) is 5.02 Å². The molecule has 0 bridgehead atoms. The minimum atomic E-state index is -1.08. The largest absolute Gasteiger partial charge is 0.330 e. The van der Waals surface area contributed by atoms with Crippen LogP contribution >= 0.6 is 11.6 Å². The maximum absolute atomic E-state index is 13.2. The van der Waals surface area contributed by atoms with Crippen LogP contribution in [-0.2, 0) is 0 Å². The molecule has 1 unspecified atom stereocenters. The Kier molecular flexibility index (Phi) is 3.44. The third-order valence-electron chi connectivity index (χ3n) is 1.56. The van der Waals surface area contributed by atoms with Gasteiger partial charge >= 0.3 is 0 Å². The molecule has 2 nitrogen and oxygen atoms in total. The highest BCUT2D eigenvalue weighted by molar-refractivity contribution is 6.31. The van der Waals surface area contributed by atoms with E-state index in [1.54, 1.807) is 6.07 Å². The number of alkyl halides is 1. The molecule has 0 aliphatic rings. The van der Waals surface area contributed by atoms with Crippen molar-refractivity contribution in [2.45, 2.75) is 12.6 Å². The van der Waals surface area contributed by atoms with Crippen molar-refractivity contribution in [1.29, 1.82) is 0 Å². The van der Waals surface area contributed by atoms with Gasteiger partial charge in [-0.2, -0.15) is 0 Å². The molecule has 0 aliphatic carbocycles. The molecule has 0 fully saturated rings. The number of aromatic nitrogens is 1. The zero-order valence-electron chi connectivity index (χ0n) is 6.50. The van der Waals surface area contributed by atoms with Crippen LogP contribution in [0.15, 0.2) is 18.5 Å². The first kappa shape index (κ1) is 9.42. The minimum Gasteiger partial charge on any atom is -0.330 e. The van der Waals surface area contributed by atoms with Crippen molar-refractivity contribution in [3.05, 3.63) is 29.0 Å². The third-order valence-corrected chi connectivity index (χ3v) is 1.88. The van der Waals surface area contributed by atoms with Crippen LogP contribution in [0, 0.1) is 0 Å². The van der Waals surface area contributed by atoms with Crippen molar-refractivity contribution >= 4 is 11.6 Å². The monoisotopic (exact) mass is 188 g/mol. The lowest BCUT2D eigenvalue weighted by molar-refractivity contribution is 0.327. The highest BCUT2D eigenvalue weighted by atomic mass is 35.5. The van der Waals surface area contributed by atoms with Crippen molar-refractivity contribution in [1.82, 2.24) is 4.98 Å². The number of rotatable bonds is 3. The highest BCUT2D eigenvalue weighted by Gasteiger charge is 2.11. The molecule has 0 amide bonds. The van der Waals surface area contributed by atoms with E-state index in [1.165, 1.54) is 12.4 Å². The van der Waals surface area contributed by atoms with E-state index in [2.05, 4.69) is 4.98 Å². The third kappa shape index (κ3) is 2.16. The van der Waals surface area contributed by atoms with E-state index in [0.717, 1.165) is 0 Å². The average molecular weight is 189 g/mol. The van der Waals surface area contributed by atoms with Crippen LogP contribution in [0.25, 0.3) is 0 Å². The second-order valence-corrected chi connectivity index (χ2v) is 2.85. The topological polar surface area (TPSA) is 38.9 Å². The van der Waals surface area contributed by atoms with Gasteiger partial charge in [-0.25, -0.2) is 4.39 Å². The molecule has 66 valence electrons. The Bertz CT molecular complexity index is 255. The Morgan fingerprint density at radius 3 is 3.00 bits per heavy atom. The fraction of sp³-hybridized carbons (Fsp3) is 0.375. The van der Waals surface area contributed by atoms with Crippen molar-refractivity contribution in [3.63, 3.8) is 0 Å². The summed E-state index contributed by atoms with van der Waals surface area (Å²) in [5.74, 6) is 0. The summed E-state index contributed by atoms with van der Waals surface area (Å²) < 4.78 is 13.2. The first-order valence-corrected chi connectivity index (χ1v) is 4.07. The van der Waals surface area contributed by atoms with Gasteiger partial charge in [0.15, 0.2) is 0 Å². The average Bonchev–Trinajstić information content (AvgIpc) is 2.05. The molecule has 0 radical (unpaired) electrons. The molecular formula is C8H10ClFN2. The highest BCUT2D eigenvalue weighted by Crippen LogP contribution is 2.26. The number of hydrogen-bond acceptors (Lipinski definition) is 2. The van der Waals surface area contributed by atoms with Crippen LogP contribution < -0.4 is 5.73 Å². The van der Waals surface area contributed by atoms with Crippen LogP contribution in [-0.4, -0.2) is 11.5 Å². The fourth-order valence-corrected chi connectivity index (χ4v) is 1.18. The van der Waals surface area contributed by atoms with Crippen LogP contribution in [0.1, 0.15) is 18.2 Å². The molecule has 0 saturated heterocycles. The molecule has 1 heterocycles. The van der Waals surface area contributed by atoms with Crippen molar-refractivity contribution in [3.8, 4) is 0 Å². The predicted molar refractivity (Wildman–Crippen MR) is 46.8 cm³/mol. The van der Waals surface area contributed by atoms with Gasteiger partial charge in [-0.15, -0.1) is 0 Å². The number of pyridine rings is 1. The summed E-state index contributed by atoms with van der Waals surface area (Å²) in [6.07, 6.45) is 2.17. The Morgan fingerprint density at radius 1 is 1.67 bits per heavy atom. The van der Waals surface area contributed by atoms with Crippen molar-refractivity contribution < 1.29 is 4.39 Å². The summed E-state index contributed by atoms with van der Waals surface area (Å²) >= 11 is 5.71. The molecule has 1 atom stereocenters. The van der Waals surface area contributed by atoms with Gasteiger partial charge in [0.1, 0.15) is 6.17 Å². The molecular weight excluding hydrogens is 179 g/mol. The molecule has 1 aromatic rings. The van der Waals surface area contributed by atoms with E-state index in [-0.39, 0.29) is 0 Å². The maximum atomic E-state index is 13.2. The second kappa shape index (κ2) is 4.38. The smallest absolute Gasteiger partial charge is 0.128 e. The van der Waals surface area contributed by atoms with Crippen LogP contribution in [0.4, 0.5) is 4.39 Å². The van der Waals surface area contributed by atoms with E-state index in [1.807, 2.05) is 0 Å². The normalized spacial score (nSPS) is 12.9. The van der Waals surface area contributed by atoms with Gasteiger partial charge in [0.25, 0.3) is 0 Å². The molecule has 1 aromatic heterocycles.